The van der Waals surface area contributed by atoms with Crippen molar-refractivity contribution < 1.29 is 4.74 Å². The summed E-state index contributed by atoms with van der Waals surface area (Å²) in [4.78, 5) is 3.94. The van der Waals surface area contributed by atoms with Crippen LogP contribution < -0.4 is 4.74 Å². The number of imidazole rings is 1. The molecule has 0 aliphatic carbocycles. The van der Waals surface area contributed by atoms with E-state index in [0.29, 0.717) is 12.4 Å². The summed E-state index contributed by atoms with van der Waals surface area (Å²) in [5.41, 5.74) is 1.11. The highest BCUT2D eigenvalue weighted by Gasteiger charge is 2.01. The van der Waals surface area contributed by atoms with Crippen LogP contribution in [0.25, 0.3) is 0 Å². The maximum Gasteiger partial charge on any atom is 0.213 e. The first-order valence-electron chi connectivity index (χ1n) is 4.87. The van der Waals surface area contributed by atoms with Gasteiger partial charge in [0.2, 0.25) is 5.82 Å². The van der Waals surface area contributed by atoms with Gasteiger partial charge in [-0.25, -0.2) is 4.98 Å². The third-order valence-corrected chi connectivity index (χ3v) is 2.33. The van der Waals surface area contributed by atoms with Crippen molar-refractivity contribution in [3.05, 3.63) is 48.0 Å². The number of nitriles is 1. The van der Waals surface area contributed by atoms with Crippen LogP contribution in [0, 0.1) is 11.3 Å². The normalized spacial score (nSPS) is 9.75. The van der Waals surface area contributed by atoms with Gasteiger partial charge >= 0.3 is 0 Å². The molecule has 0 aliphatic heterocycles. The second kappa shape index (κ2) is 4.49. The zero-order valence-corrected chi connectivity index (χ0v) is 8.92. The Morgan fingerprint density at radius 1 is 1.38 bits per heavy atom. The van der Waals surface area contributed by atoms with E-state index in [1.54, 1.807) is 19.5 Å². The maximum absolute atomic E-state index is 8.81. The fourth-order valence-corrected chi connectivity index (χ4v) is 1.48. The lowest BCUT2D eigenvalue weighted by atomic mass is 10.2. The second-order valence-corrected chi connectivity index (χ2v) is 3.34. The Labute approximate surface area is 93.7 Å². The standard InChI is InChI=1S/C12H11N3O/c1-16-11-4-2-10(3-5-11)9-15-7-6-14-12(15)8-13/h2-7H,9H2,1H3. The summed E-state index contributed by atoms with van der Waals surface area (Å²) >= 11 is 0. The summed E-state index contributed by atoms with van der Waals surface area (Å²) in [7, 11) is 1.64. The number of nitrogens with zero attached hydrogens (tertiary/aromatic N) is 3. The van der Waals surface area contributed by atoms with Gasteiger partial charge < -0.3 is 9.30 Å². The monoisotopic (exact) mass is 213 g/mol. The zero-order valence-electron chi connectivity index (χ0n) is 8.92. The highest BCUT2D eigenvalue weighted by atomic mass is 16.5. The minimum Gasteiger partial charge on any atom is -0.497 e. The van der Waals surface area contributed by atoms with Crippen LogP contribution in [0.1, 0.15) is 11.4 Å². The molecule has 0 amide bonds. The summed E-state index contributed by atoms with van der Waals surface area (Å²) in [6, 6.07) is 9.79. The van der Waals surface area contributed by atoms with Gasteiger partial charge in [-0.1, -0.05) is 12.1 Å². The van der Waals surface area contributed by atoms with E-state index in [0.717, 1.165) is 11.3 Å². The van der Waals surface area contributed by atoms with Crippen LogP contribution in [0.15, 0.2) is 36.7 Å². The molecule has 0 atom stereocenters. The average molecular weight is 213 g/mol. The molecular formula is C12H11N3O. The van der Waals surface area contributed by atoms with Crippen LogP contribution in [0.4, 0.5) is 0 Å². The topological polar surface area (TPSA) is 50.8 Å². The summed E-state index contributed by atoms with van der Waals surface area (Å²) in [6.07, 6.45) is 3.42. The number of benzene rings is 1. The minimum absolute atomic E-state index is 0.427. The molecule has 16 heavy (non-hydrogen) atoms. The highest BCUT2D eigenvalue weighted by Crippen LogP contribution is 2.12. The Balaban J connectivity index is 2.18. The van der Waals surface area contributed by atoms with E-state index in [9.17, 15) is 0 Å². The van der Waals surface area contributed by atoms with Crippen molar-refractivity contribution in [3.63, 3.8) is 0 Å². The lowest BCUT2D eigenvalue weighted by Gasteiger charge is -2.05. The molecule has 1 heterocycles. The fraction of sp³-hybridized carbons (Fsp3) is 0.167. The molecule has 1 aromatic heterocycles. The van der Waals surface area contributed by atoms with Crippen molar-refractivity contribution in [3.8, 4) is 11.8 Å². The van der Waals surface area contributed by atoms with Gasteiger partial charge in [-0.3, -0.25) is 0 Å². The Hall–Kier alpha value is -2.28. The minimum atomic E-state index is 0.427. The highest BCUT2D eigenvalue weighted by molar-refractivity contribution is 5.28. The second-order valence-electron chi connectivity index (χ2n) is 3.34. The van der Waals surface area contributed by atoms with E-state index in [-0.39, 0.29) is 0 Å². The molecule has 4 heteroatoms. The van der Waals surface area contributed by atoms with Crippen molar-refractivity contribution >= 4 is 0 Å². The SMILES string of the molecule is COc1ccc(Cn2ccnc2C#N)cc1. The maximum atomic E-state index is 8.81. The van der Waals surface area contributed by atoms with E-state index in [2.05, 4.69) is 4.98 Å². The van der Waals surface area contributed by atoms with Gasteiger partial charge in [0, 0.05) is 18.9 Å². The van der Waals surface area contributed by atoms with E-state index in [1.807, 2.05) is 34.9 Å². The summed E-state index contributed by atoms with van der Waals surface area (Å²) in [5, 5.41) is 8.81. The quantitative estimate of drug-likeness (QED) is 0.781. The molecule has 0 radical (unpaired) electrons. The fourth-order valence-electron chi connectivity index (χ4n) is 1.48. The number of hydrogen-bond donors (Lipinski definition) is 0. The van der Waals surface area contributed by atoms with Crippen LogP contribution in [-0.2, 0) is 6.54 Å². The number of methoxy groups -OCH3 is 1. The molecule has 0 N–H and O–H groups in total. The molecule has 2 rings (SSSR count). The summed E-state index contributed by atoms with van der Waals surface area (Å²) in [6.45, 7) is 0.646. The molecule has 0 saturated heterocycles. The summed E-state index contributed by atoms with van der Waals surface area (Å²) in [5.74, 6) is 1.26. The Bertz CT molecular complexity index is 508. The van der Waals surface area contributed by atoms with Crippen molar-refractivity contribution in [2.24, 2.45) is 0 Å². The largest absolute Gasteiger partial charge is 0.497 e. The lowest BCUT2D eigenvalue weighted by Crippen LogP contribution is -2.01. The predicted octanol–water partition coefficient (Wildman–Crippen LogP) is 1.81. The molecule has 0 aliphatic rings. The molecule has 80 valence electrons. The van der Waals surface area contributed by atoms with Gasteiger partial charge in [0.05, 0.1) is 7.11 Å². The molecule has 0 spiro atoms. The van der Waals surface area contributed by atoms with Gasteiger partial charge in [-0.15, -0.1) is 0 Å². The number of aromatic nitrogens is 2. The number of ether oxygens (including phenoxy) is 1. The van der Waals surface area contributed by atoms with Gasteiger partial charge in [-0.2, -0.15) is 5.26 Å². The van der Waals surface area contributed by atoms with E-state index < -0.39 is 0 Å². The Morgan fingerprint density at radius 2 is 2.12 bits per heavy atom. The molecule has 0 bridgehead atoms. The van der Waals surface area contributed by atoms with Crippen molar-refractivity contribution in [1.29, 1.82) is 5.26 Å². The Morgan fingerprint density at radius 3 is 2.75 bits per heavy atom. The van der Waals surface area contributed by atoms with Crippen LogP contribution in [0.2, 0.25) is 0 Å². The third-order valence-electron chi connectivity index (χ3n) is 2.33. The van der Waals surface area contributed by atoms with Gasteiger partial charge in [-0.05, 0) is 17.7 Å². The van der Waals surface area contributed by atoms with Gasteiger partial charge in [0.25, 0.3) is 0 Å². The van der Waals surface area contributed by atoms with Crippen molar-refractivity contribution in [1.82, 2.24) is 9.55 Å². The molecule has 1 aromatic carbocycles. The van der Waals surface area contributed by atoms with Crippen LogP contribution in [0.5, 0.6) is 5.75 Å². The van der Waals surface area contributed by atoms with Gasteiger partial charge in [0.1, 0.15) is 11.8 Å². The average Bonchev–Trinajstić information content (AvgIpc) is 2.77. The van der Waals surface area contributed by atoms with Crippen LogP contribution >= 0.6 is 0 Å². The number of rotatable bonds is 3. The first-order valence-corrected chi connectivity index (χ1v) is 4.87. The molecule has 0 saturated carbocycles. The first-order chi connectivity index (χ1) is 7.83. The smallest absolute Gasteiger partial charge is 0.213 e. The van der Waals surface area contributed by atoms with Crippen molar-refractivity contribution in [2.45, 2.75) is 6.54 Å². The van der Waals surface area contributed by atoms with Crippen LogP contribution in [0.3, 0.4) is 0 Å². The van der Waals surface area contributed by atoms with Crippen LogP contribution in [-0.4, -0.2) is 16.7 Å². The Kier molecular flexibility index (Phi) is 2.88. The van der Waals surface area contributed by atoms with Crippen molar-refractivity contribution in [2.75, 3.05) is 7.11 Å². The van der Waals surface area contributed by atoms with E-state index >= 15 is 0 Å². The number of hydrogen-bond acceptors (Lipinski definition) is 3. The van der Waals surface area contributed by atoms with E-state index in [1.165, 1.54) is 0 Å². The molecule has 2 aromatic rings. The first kappa shape index (κ1) is 10.2. The van der Waals surface area contributed by atoms with E-state index in [4.69, 9.17) is 10.00 Å². The zero-order chi connectivity index (χ0) is 11.4. The molecule has 0 unspecified atom stereocenters. The lowest BCUT2D eigenvalue weighted by molar-refractivity contribution is 0.414. The molecule has 0 fully saturated rings. The summed E-state index contributed by atoms with van der Waals surface area (Å²) < 4.78 is 6.89. The molecular weight excluding hydrogens is 202 g/mol. The van der Waals surface area contributed by atoms with Gasteiger partial charge in [0.15, 0.2) is 0 Å². The molecule has 4 nitrogen and oxygen atoms in total. The predicted molar refractivity (Wildman–Crippen MR) is 59.0 cm³/mol. The third kappa shape index (κ3) is 2.04.